The van der Waals surface area contributed by atoms with Gasteiger partial charge in [0.1, 0.15) is 0 Å². The van der Waals surface area contributed by atoms with Gasteiger partial charge in [0.05, 0.1) is 6.20 Å². The summed E-state index contributed by atoms with van der Waals surface area (Å²) in [4.78, 5) is 6.67. The number of rotatable bonds is 6. The lowest BCUT2D eigenvalue weighted by atomic mass is 10.3. The van der Waals surface area contributed by atoms with E-state index in [0.29, 0.717) is 12.0 Å². The third-order valence-corrected chi connectivity index (χ3v) is 3.47. The van der Waals surface area contributed by atoms with Crippen molar-refractivity contribution in [2.75, 3.05) is 23.8 Å². The molecule has 0 aromatic carbocycles. The van der Waals surface area contributed by atoms with Crippen LogP contribution in [0.2, 0.25) is 0 Å². The molecule has 0 bridgehead atoms. The van der Waals surface area contributed by atoms with E-state index in [1.54, 1.807) is 6.20 Å². The summed E-state index contributed by atoms with van der Waals surface area (Å²) >= 11 is 0. The zero-order valence-electron chi connectivity index (χ0n) is 11.4. The van der Waals surface area contributed by atoms with Crippen molar-refractivity contribution in [3.8, 4) is 0 Å². The van der Waals surface area contributed by atoms with E-state index in [2.05, 4.69) is 39.4 Å². The molecule has 5 heteroatoms. The summed E-state index contributed by atoms with van der Waals surface area (Å²) in [5, 5.41) is 11.5. The van der Waals surface area contributed by atoms with Gasteiger partial charge >= 0.3 is 0 Å². The zero-order valence-corrected chi connectivity index (χ0v) is 11.4. The van der Waals surface area contributed by atoms with Gasteiger partial charge in [-0.25, -0.2) is 0 Å². The fourth-order valence-electron chi connectivity index (χ4n) is 2.30. The molecule has 1 aliphatic rings. The van der Waals surface area contributed by atoms with Crippen molar-refractivity contribution < 1.29 is 0 Å². The third kappa shape index (κ3) is 3.55. The maximum Gasteiger partial charge on any atom is 0.244 e. The summed E-state index contributed by atoms with van der Waals surface area (Å²) in [6.45, 7) is 3.21. The van der Waals surface area contributed by atoms with Crippen molar-refractivity contribution in [2.45, 2.75) is 51.5 Å². The molecule has 0 spiro atoms. The van der Waals surface area contributed by atoms with E-state index in [1.165, 1.54) is 38.5 Å². The van der Waals surface area contributed by atoms with Crippen LogP contribution in [0, 0.1) is 0 Å². The van der Waals surface area contributed by atoms with Crippen LogP contribution in [0.15, 0.2) is 6.20 Å². The quantitative estimate of drug-likeness (QED) is 0.839. The van der Waals surface area contributed by atoms with Crippen molar-refractivity contribution in [2.24, 2.45) is 0 Å². The Morgan fingerprint density at radius 1 is 1.39 bits per heavy atom. The highest BCUT2D eigenvalue weighted by molar-refractivity contribution is 5.39. The first-order valence-electron chi connectivity index (χ1n) is 6.97. The maximum absolute atomic E-state index is 4.53. The van der Waals surface area contributed by atoms with E-state index in [1.807, 2.05) is 0 Å². The molecule has 0 aliphatic heterocycles. The summed E-state index contributed by atoms with van der Waals surface area (Å²) < 4.78 is 0. The minimum atomic E-state index is 0.531. The maximum atomic E-state index is 4.53. The summed E-state index contributed by atoms with van der Waals surface area (Å²) in [6, 6.07) is 0.531. The summed E-state index contributed by atoms with van der Waals surface area (Å²) in [5.41, 5.74) is 0. The van der Waals surface area contributed by atoms with Crippen molar-refractivity contribution in [3.05, 3.63) is 6.20 Å². The van der Waals surface area contributed by atoms with Crippen LogP contribution in [0.4, 0.5) is 11.8 Å². The van der Waals surface area contributed by atoms with Gasteiger partial charge in [0.25, 0.3) is 0 Å². The number of nitrogens with one attached hydrogen (secondary N) is 1. The molecule has 0 amide bonds. The molecule has 1 aliphatic carbocycles. The van der Waals surface area contributed by atoms with Crippen LogP contribution in [0.3, 0.4) is 0 Å². The van der Waals surface area contributed by atoms with Crippen LogP contribution >= 0.6 is 0 Å². The van der Waals surface area contributed by atoms with Crippen LogP contribution in [0.5, 0.6) is 0 Å². The van der Waals surface area contributed by atoms with Gasteiger partial charge in [-0.3, -0.25) is 0 Å². The Kier molecular flexibility index (Phi) is 4.73. The molecule has 1 heterocycles. The van der Waals surface area contributed by atoms with Crippen LogP contribution in [0.1, 0.15) is 45.4 Å². The monoisotopic (exact) mass is 249 g/mol. The lowest BCUT2D eigenvalue weighted by molar-refractivity contribution is 0.728. The van der Waals surface area contributed by atoms with Gasteiger partial charge in [-0.05, 0) is 19.3 Å². The Bertz CT molecular complexity index is 362. The van der Waals surface area contributed by atoms with Gasteiger partial charge in [-0.1, -0.05) is 26.2 Å². The minimum Gasteiger partial charge on any atom is -0.358 e. The van der Waals surface area contributed by atoms with E-state index in [9.17, 15) is 0 Å². The van der Waals surface area contributed by atoms with Crippen LogP contribution < -0.4 is 10.2 Å². The average Bonchev–Trinajstić information content (AvgIpc) is 2.89. The molecular weight excluding hydrogens is 226 g/mol. The molecule has 18 heavy (non-hydrogen) atoms. The number of unbranched alkanes of at least 4 members (excludes halogenated alkanes) is 1. The second-order valence-electron chi connectivity index (χ2n) is 5.04. The highest BCUT2D eigenvalue weighted by Crippen LogP contribution is 2.21. The number of nitrogens with zero attached hydrogens (tertiary/aromatic N) is 4. The molecule has 1 aromatic heterocycles. The van der Waals surface area contributed by atoms with Gasteiger partial charge in [-0.2, -0.15) is 10.1 Å². The normalized spacial score (nSPS) is 15.9. The molecule has 0 unspecified atom stereocenters. The Labute approximate surface area is 109 Å². The first-order chi connectivity index (χ1) is 8.79. The third-order valence-electron chi connectivity index (χ3n) is 3.47. The predicted molar refractivity (Wildman–Crippen MR) is 73.9 cm³/mol. The Morgan fingerprint density at radius 2 is 2.17 bits per heavy atom. The number of hydrogen-bond acceptors (Lipinski definition) is 5. The number of hydrogen-bond donors (Lipinski definition) is 1. The molecular formula is C13H23N5. The standard InChI is InChI=1S/C13H23N5/c1-3-4-9-18(2)12-10-14-17-13(16-12)15-11-7-5-6-8-11/h10-11H,3-9H2,1-2H3,(H,15,16,17). The summed E-state index contributed by atoms with van der Waals surface area (Å²) in [6.07, 6.45) is 9.15. The highest BCUT2D eigenvalue weighted by Gasteiger charge is 2.16. The van der Waals surface area contributed by atoms with E-state index in [4.69, 9.17) is 0 Å². The van der Waals surface area contributed by atoms with Gasteiger partial charge in [0.2, 0.25) is 5.95 Å². The molecule has 1 fully saturated rings. The van der Waals surface area contributed by atoms with E-state index in [-0.39, 0.29) is 0 Å². The van der Waals surface area contributed by atoms with E-state index < -0.39 is 0 Å². The zero-order chi connectivity index (χ0) is 12.8. The lowest BCUT2D eigenvalue weighted by Crippen LogP contribution is -2.22. The largest absolute Gasteiger partial charge is 0.358 e. The van der Waals surface area contributed by atoms with Crippen molar-refractivity contribution in [1.82, 2.24) is 15.2 Å². The van der Waals surface area contributed by atoms with Gasteiger partial charge < -0.3 is 10.2 Å². The molecule has 1 N–H and O–H groups in total. The molecule has 1 aromatic rings. The lowest BCUT2D eigenvalue weighted by Gasteiger charge is -2.18. The molecule has 0 saturated heterocycles. The first kappa shape index (κ1) is 13.1. The number of aromatic nitrogens is 3. The van der Waals surface area contributed by atoms with Crippen molar-refractivity contribution >= 4 is 11.8 Å². The highest BCUT2D eigenvalue weighted by atomic mass is 15.3. The fourth-order valence-corrected chi connectivity index (χ4v) is 2.30. The Balaban J connectivity index is 1.95. The Morgan fingerprint density at radius 3 is 2.89 bits per heavy atom. The van der Waals surface area contributed by atoms with Crippen LogP contribution in [0.25, 0.3) is 0 Å². The molecule has 0 atom stereocenters. The number of anilines is 2. The van der Waals surface area contributed by atoms with Gasteiger partial charge in [0, 0.05) is 19.6 Å². The second kappa shape index (κ2) is 6.52. The summed E-state index contributed by atoms with van der Waals surface area (Å²) in [5.74, 6) is 1.57. The topological polar surface area (TPSA) is 53.9 Å². The molecule has 0 radical (unpaired) electrons. The van der Waals surface area contributed by atoms with Crippen molar-refractivity contribution in [1.29, 1.82) is 0 Å². The summed E-state index contributed by atoms with van der Waals surface area (Å²) in [7, 11) is 2.05. The van der Waals surface area contributed by atoms with Crippen molar-refractivity contribution in [3.63, 3.8) is 0 Å². The van der Waals surface area contributed by atoms with Crippen LogP contribution in [-0.2, 0) is 0 Å². The van der Waals surface area contributed by atoms with E-state index >= 15 is 0 Å². The molecule has 100 valence electrons. The first-order valence-corrected chi connectivity index (χ1v) is 6.97. The molecule has 1 saturated carbocycles. The molecule has 2 rings (SSSR count). The van der Waals surface area contributed by atoms with Crippen LogP contribution in [-0.4, -0.2) is 34.8 Å². The smallest absolute Gasteiger partial charge is 0.244 e. The Hall–Kier alpha value is -1.39. The van der Waals surface area contributed by atoms with Gasteiger partial charge in [-0.15, -0.1) is 5.10 Å². The fraction of sp³-hybridized carbons (Fsp3) is 0.769. The van der Waals surface area contributed by atoms with Gasteiger partial charge in [0.15, 0.2) is 5.82 Å². The minimum absolute atomic E-state index is 0.531. The molecule has 5 nitrogen and oxygen atoms in total. The average molecular weight is 249 g/mol. The SMILES string of the molecule is CCCCN(C)c1cnnc(NC2CCCC2)n1. The predicted octanol–water partition coefficient (Wildman–Crippen LogP) is 2.46. The van der Waals surface area contributed by atoms with E-state index in [0.717, 1.165) is 12.4 Å². The second-order valence-corrected chi connectivity index (χ2v) is 5.04.